The second kappa shape index (κ2) is 6.97. The van der Waals surface area contributed by atoms with Gasteiger partial charge >= 0.3 is 5.97 Å². The van der Waals surface area contributed by atoms with Crippen LogP contribution in [0.3, 0.4) is 0 Å². The van der Waals surface area contributed by atoms with Gasteiger partial charge in [-0.3, -0.25) is 0 Å². The number of halogens is 2. The fraction of sp³-hybridized carbons (Fsp3) is 0.235. The molecular weight excluding hydrogens is 339 g/mol. The Morgan fingerprint density at radius 3 is 2.83 bits per heavy atom. The molecule has 0 saturated heterocycles. The van der Waals surface area contributed by atoms with Crippen molar-refractivity contribution in [3.63, 3.8) is 0 Å². The minimum Gasteiger partial charge on any atom is -0.493 e. The van der Waals surface area contributed by atoms with Crippen molar-refractivity contribution < 1.29 is 28.1 Å². The average molecular weight is 353 g/mol. The van der Waals surface area contributed by atoms with Gasteiger partial charge in [0.25, 0.3) is 0 Å². The first-order valence-corrected chi connectivity index (χ1v) is 7.55. The largest absolute Gasteiger partial charge is 0.493 e. The van der Waals surface area contributed by atoms with Crippen LogP contribution in [-0.2, 0) is 11.3 Å². The maximum absolute atomic E-state index is 13.7. The lowest BCUT2D eigenvalue weighted by atomic mass is 10.1. The molecule has 0 N–H and O–H groups in total. The van der Waals surface area contributed by atoms with Crippen LogP contribution in [0.15, 0.2) is 30.3 Å². The van der Waals surface area contributed by atoms with Gasteiger partial charge in [-0.2, -0.15) is 0 Å². The topological polar surface area (TPSA) is 54.0 Å². The van der Waals surface area contributed by atoms with E-state index in [1.807, 2.05) is 0 Å². The van der Waals surface area contributed by atoms with Crippen molar-refractivity contribution in [1.82, 2.24) is 0 Å². The van der Waals surface area contributed by atoms with E-state index in [9.17, 15) is 9.18 Å². The molecule has 0 radical (unpaired) electrons. The van der Waals surface area contributed by atoms with Crippen molar-refractivity contribution in [3.05, 3.63) is 52.3 Å². The summed E-state index contributed by atoms with van der Waals surface area (Å²) in [5, 5.41) is 0.197. The fourth-order valence-corrected chi connectivity index (χ4v) is 2.50. The highest BCUT2D eigenvalue weighted by atomic mass is 35.5. The molecule has 0 bridgehead atoms. The summed E-state index contributed by atoms with van der Waals surface area (Å²) in [5.74, 6) is 0.0247. The molecule has 7 heteroatoms. The van der Waals surface area contributed by atoms with Gasteiger partial charge in [-0.1, -0.05) is 17.7 Å². The fourth-order valence-electron chi connectivity index (χ4n) is 2.28. The van der Waals surface area contributed by atoms with Gasteiger partial charge in [0, 0.05) is 5.56 Å². The number of methoxy groups -OCH3 is 1. The quantitative estimate of drug-likeness (QED) is 0.787. The minimum absolute atomic E-state index is 0.122. The Hall–Kier alpha value is -2.47. The number of carbonyl (C=O) groups is 1. The standard InChI is InChI=1S/C17H14ClFO5/c1-21-14-7-10(8-15-16(14)23-6-5-22-15)17(20)24-9-11-12(18)3-2-4-13(11)19/h2-4,7-8H,5-6,9H2,1H3. The van der Waals surface area contributed by atoms with Crippen LogP contribution in [0.4, 0.5) is 4.39 Å². The zero-order valence-corrected chi connectivity index (χ0v) is 13.6. The third-order valence-electron chi connectivity index (χ3n) is 3.47. The number of rotatable bonds is 4. The molecule has 0 unspecified atom stereocenters. The van der Waals surface area contributed by atoms with Crippen LogP contribution in [0.1, 0.15) is 15.9 Å². The third kappa shape index (κ3) is 3.23. The van der Waals surface area contributed by atoms with Gasteiger partial charge < -0.3 is 18.9 Å². The van der Waals surface area contributed by atoms with Crippen molar-refractivity contribution in [3.8, 4) is 17.2 Å². The van der Waals surface area contributed by atoms with Crippen LogP contribution >= 0.6 is 11.6 Å². The van der Waals surface area contributed by atoms with Crippen LogP contribution < -0.4 is 14.2 Å². The van der Waals surface area contributed by atoms with E-state index in [1.54, 1.807) is 0 Å². The molecule has 2 aromatic carbocycles. The SMILES string of the molecule is COc1cc(C(=O)OCc2c(F)cccc2Cl)cc2c1OCCO2. The van der Waals surface area contributed by atoms with E-state index in [0.29, 0.717) is 30.5 Å². The van der Waals surface area contributed by atoms with Crippen LogP contribution in [0.5, 0.6) is 17.2 Å². The molecule has 126 valence electrons. The molecule has 1 aliphatic heterocycles. The molecule has 5 nitrogen and oxygen atoms in total. The van der Waals surface area contributed by atoms with E-state index in [-0.39, 0.29) is 22.8 Å². The van der Waals surface area contributed by atoms with Gasteiger partial charge in [-0.05, 0) is 24.3 Å². The zero-order chi connectivity index (χ0) is 17.1. The Morgan fingerprint density at radius 2 is 2.08 bits per heavy atom. The first-order valence-electron chi connectivity index (χ1n) is 7.18. The number of benzene rings is 2. The van der Waals surface area contributed by atoms with E-state index in [4.69, 9.17) is 30.5 Å². The summed E-state index contributed by atoms with van der Waals surface area (Å²) in [7, 11) is 1.46. The van der Waals surface area contributed by atoms with E-state index in [2.05, 4.69) is 0 Å². The van der Waals surface area contributed by atoms with E-state index in [0.717, 1.165) is 0 Å². The molecule has 2 aromatic rings. The highest BCUT2D eigenvalue weighted by Gasteiger charge is 2.22. The molecule has 0 saturated carbocycles. The molecule has 0 aromatic heterocycles. The second-order valence-corrected chi connectivity index (χ2v) is 5.39. The highest BCUT2D eigenvalue weighted by Crippen LogP contribution is 2.40. The van der Waals surface area contributed by atoms with Crippen molar-refractivity contribution in [2.24, 2.45) is 0 Å². The van der Waals surface area contributed by atoms with Crippen molar-refractivity contribution in [2.45, 2.75) is 6.61 Å². The second-order valence-electron chi connectivity index (χ2n) is 4.98. The summed E-state index contributed by atoms with van der Waals surface area (Å²) in [5.41, 5.74) is 0.334. The third-order valence-corrected chi connectivity index (χ3v) is 3.83. The molecule has 1 aliphatic rings. The first-order chi connectivity index (χ1) is 11.6. The number of fused-ring (bicyclic) bond motifs is 1. The molecule has 0 amide bonds. The van der Waals surface area contributed by atoms with Crippen molar-refractivity contribution in [1.29, 1.82) is 0 Å². The summed E-state index contributed by atoms with van der Waals surface area (Å²) >= 11 is 5.91. The number of carbonyl (C=O) groups excluding carboxylic acids is 1. The summed E-state index contributed by atoms with van der Waals surface area (Å²) in [6.07, 6.45) is 0. The smallest absolute Gasteiger partial charge is 0.338 e. The minimum atomic E-state index is -0.649. The normalized spacial score (nSPS) is 12.6. The van der Waals surface area contributed by atoms with Gasteiger partial charge in [-0.25, -0.2) is 9.18 Å². The molecular formula is C17H14ClFO5. The molecule has 0 fully saturated rings. The first kappa shape index (κ1) is 16.4. The Morgan fingerprint density at radius 1 is 1.29 bits per heavy atom. The summed E-state index contributed by atoms with van der Waals surface area (Å²) in [4.78, 5) is 12.3. The number of hydrogen-bond donors (Lipinski definition) is 0. The van der Waals surface area contributed by atoms with Crippen molar-refractivity contribution in [2.75, 3.05) is 20.3 Å². The highest BCUT2D eigenvalue weighted by molar-refractivity contribution is 6.31. The maximum atomic E-state index is 13.7. The van der Waals surface area contributed by atoms with Crippen LogP contribution in [0.2, 0.25) is 5.02 Å². The Bertz CT molecular complexity index is 740. The van der Waals surface area contributed by atoms with Gasteiger partial charge in [-0.15, -0.1) is 0 Å². The van der Waals surface area contributed by atoms with Gasteiger partial charge in [0.1, 0.15) is 25.6 Å². The molecule has 24 heavy (non-hydrogen) atoms. The number of ether oxygens (including phenoxy) is 4. The summed E-state index contributed by atoms with van der Waals surface area (Å²) in [6.45, 7) is 0.500. The zero-order valence-electron chi connectivity index (χ0n) is 12.8. The number of esters is 1. The van der Waals surface area contributed by atoms with Crippen molar-refractivity contribution >= 4 is 17.6 Å². The van der Waals surface area contributed by atoms with E-state index >= 15 is 0 Å². The molecule has 0 atom stereocenters. The summed E-state index contributed by atoms with van der Waals surface area (Å²) in [6, 6.07) is 7.25. The predicted octanol–water partition coefficient (Wildman–Crippen LogP) is 3.62. The lowest BCUT2D eigenvalue weighted by molar-refractivity contribution is 0.0467. The van der Waals surface area contributed by atoms with Gasteiger partial charge in [0.2, 0.25) is 5.75 Å². The van der Waals surface area contributed by atoms with Gasteiger partial charge in [0.05, 0.1) is 17.7 Å². The molecule has 0 aliphatic carbocycles. The Labute approximate surface area is 142 Å². The predicted molar refractivity (Wildman–Crippen MR) is 84.5 cm³/mol. The maximum Gasteiger partial charge on any atom is 0.338 e. The Kier molecular flexibility index (Phi) is 4.76. The lowest BCUT2D eigenvalue weighted by Gasteiger charge is -2.21. The van der Waals surface area contributed by atoms with Crippen LogP contribution in [0.25, 0.3) is 0 Å². The molecule has 1 heterocycles. The number of hydrogen-bond acceptors (Lipinski definition) is 5. The Balaban J connectivity index is 1.80. The van der Waals surface area contributed by atoms with Crippen LogP contribution in [-0.4, -0.2) is 26.3 Å². The van der Waals surface area contributed by atoms with Gasteiger partial charge in [0.15, 0.2) is 11.5 Å². The van der Waals surface area contributed by atoms with Crippen LogP contribution in [0, 0.1) is 5.82 Å². The lowest BCUT2D eigenvalue weighted by Crippen LogP contribution is -2.17. The van der Waals surface area contributed by atoms with E-state index in [1.165, 1.54) is 37.4 Å². The average Bonchev–Trinajstić information content (AvgIpc) is 2.60. The monoisotopic (exact) mass is 352 g/mol. The molecule has 0 spiro atoms. The van der Waals surface area contributed by atoms with E-state index < -0.39 is 11.8 Å². The summed E-state index contributed by atoms with van der Waals surface area (Å²) < 4.78 is 35.0. The molecule has 3 rings (SSSR count).